The summed E-state index contributed by atoms with van der Waals surface area (Å²) in [6.07, 6.45) is 1.59. The van der Waals surface area contributed by atoms with Crippen LogP contribution in [0, 0.1) is 23.3 Å². The van der Waals surface area contributed by atoms with Crippen LogP contribution in [0.2, 0.25) is 0 Å². The fourth-order valence-corrected chi connectivity index (χ4v) is 11.5. The van der Waals surface area contributed by atoms with E-state index in [0.29, 0.717) is 25.7 Å². The lowest BCUT2D eigenvalue weighted by atomic mass is 9.84. The van der Waals surface area contributed by atoms with E-state index < -0.39 is 162 Å². The number of benzene rings is 6. The highest BCUT2D eigenvalue weighted by molar-refractivity contribution is 6.39. The Morgan fingerprint density at radius 3 is 0.649 bits per heavy atom. The first-order chi connectivity index (χ1) is 35.3. The number of carbonyl (C=O) groups excluding carboxylic acids is 12. The fourth-order valence-electron chi connectivity index (χ4n) is 11.5. The van der Waals surface area contributed by atoms with E-state index in [2.05, 4.69) is 0 Å². The predicted octanol–water partition coefficient (Wildman–Crippen LogP) is 6.89. The summed E-state index contributed by atoms with van der Waals surface area (Å²) >= 11 is 0. The molecule has 0 saturated carbocycles. The maximum absolute atomic E-state index is 16.8. The van der Waals surface area contributed by atoms with Gasteiger partial charge in [0.15, 0.2) is 23.3 Å². The van der Waals surface area contributed by atoms with Gasteiger partial charge in [-0.15, -0.1) is 0 Å². The molecule has 12 rings (SSSR count). The molecule has 74 heavy (non-hydrogen) atoms. The van der Waals surface area contributed by atoms with Crippen molar-refractivity contribution in [3.8, 4) is 0 Å². The first-order valence-corrected chi connectivity index (χ1v) is 23.2. The van der Waals surface area contributed by atoms with E-state index in [1.54, 1.807) is 27.7 Å². The van der Waals surface area contributed by atoms with Crippen molar-refractivity contribution in [2.45, 2.75) is 65.5 Å². The average Bonchev–Trinajstić information content (AvgIpc) is 3.42. The number of rotatable bonds is 8. The maximum Gasteiger partial charge on any atom is 0.284 e. The van der Waals surface area contributed by atoms with Gasteiger partial charge >= 0.3 is 0 Å². The quantitative estimate of drug-likeness (QED) is 0.112. The van der Waals surface area contributed by atoms with E-state index in [1.807, 2.05) is 0 Å². The first kappa shape index (κ1) is 45.8. The van der Waals surface area contributed by atoms with Crippen LogP contribution in [-0.4, -0.2) is 113 Å². The van der Waals surface area contributed by atoms with Crippen molar-refractivity contribution in [3.63, 3.8) is 0 Å². The van der Waals surface area contributed by atoms with Crippen LogP contribution in [0.15, 0.2) is 48.5 Å². The van der Waals surface area contributed by atoms with Crippen LogP contribution in [-0.2, 0) is 0 Å². The lowest BCUT2D eigenvalue weighted by Crippen LogP contribution is -2.60. The van der Waals surface area contributed by atoms with Gasteiger partial charge in [-0.25, -0.2) is 17.6 Å². The van der Waals surface area contributed by atoms with Crippen molar-refractivity contribution >= 4 is 103 Å². The Morgan fingerprint density at radius 1 is 0.284 bits per heavy atom. The van der Waals surface area contributed by atoms with E-state index in [-0.39, 0.29) is 63.8 Å². The second kappa shape index (κ2) is 15.1. The normalized spacial score (nSPS) is 17.0. The molecule has 0 atom stereocenters. The zero-order valence-corrected chi connectivity index (χ0v) is 38.7. The Balaban J connectivity index is 0.959. The minimum Gasteiger partial charge on any atom is -0.271 e. The molecule has 0 saturated heterocycles. The summed E-state index contributed by atoms with van der Waals surface area (Å²) in [7, 11) is 0. The Hall–Kier alpha value is -9.34. The number of hydrazine groups is 2. The molecule has 6 heterocycles. The largest absolute Gasteiger partial charge is 0.284 e. The summed E-state index contributed by atoms with van der Waals surface area (Å²) < 4.78 is 67.4. The molecule has 12 amide bonds. The molecule has 0 N–H and O–H groups in total. The van der Waals surface area contributed by atoms with Gasteiger partial charge in [-0.1, -0.05) is 27.7 Å². The average molecular weight is 1010 g/mol. The molecule has 368 valence electrons. The van der Waals surface area contributed by atoms with Gasteiger partial charge in [0.2, 0.25) is 0 Å². The van der Waals surface area contributed by atoms with Crippen LogP contribution in [0.25, 0.3) is 32.3 Å². The van der Waals surface area contributed by atoms with Crippen LogP contribution in [0.4, 0.5) is 17.6 Å². The molecule has 0 radical (unpaired) electrons. The number of hydrogen-bond acceptors (Lipinski definition) is 12. The van der Waals surface area contributed by atoms with Gasteiger partial charge in [-0.2, -0.15) is 20.0 Å². The first-order valence-electron chi connectivity index (χ1n) is 23.2. The molecule has 6 aliphatic heterocycles. The Morgan fingerprint density at radius 2 is 0.459 bits per heavy atom. The maximum atomic E-state index is 16.8. The zero-order valence-electron chi connectivity index (χ0n) is 38.7. The minimum atomic E-state index is -2.34. The van der Waals surface area contributed by atoms with Crippen molar-refractivity contribution in [1.29, 1.82) is 0 Å². The molecule has 18 nitrogen and oxygen atoms in total. The minimum absolute atomic E-state index is 0.0729. The molecular weight excluding hydrogens is 977 g/mol. The molecule has 6 aromatic rings. The summed E-state index contributed by atoms with van der Waals surface area (Å²) in [6, 6.07) is 7.86. The number of imide groups is 6. The molecule has 22 heteroatoms. The van der Waals surface area contributed by atoms with Gasteiger partial charge in [-0.3, -0.25) is 67.3 Å². The molecule has 0 spiro atoms. The van der Waals surface area contributed by atoms with Crippen LogP contribution < -0.4 is 0 Å². The summed E-state index contributed by atoms with van der Waals surface area (Å²) in [5, 5.41) is -4.41. The number of hydrogen-bond donors (Lipinski definition) is 0. The SMILES string of the molecule is CCC(CC)N1C(=O)c2ccc3c4c(ccc(c24)C1=O)C(=O)N(N1C(=O)c2c(F)c(F)c4c5c(c(F)c(F)c(c25)C1=O)C(=O)N(N1C(=O)c2ccc5c6c(ccc(c26)C1=O)C(=O)N(C(CC)CC)C5=O)C4=O)C3=O. The highest BCUT2D eigenvalue weighted by Gasteiger charge is 2.55. The highest BCUT2D eigenvalue weighted by atomic mass is 19.2. The third-order valence-electron chi connectivity index (χ3n) is 15.0. The molecule has 6 aromatic carbocycles. The molecule has 0 fully saturated rings. The van der Waals surface area contributed by atoms with Gasteiger partial charge in [0.25, 0.3) is 70.9 Å². The van der Waals surface area contributed by atoms with Crippen LogP contribution >= 0.6 is 0 Å². The fraction of sp³-hybridized carbons (Fsp3) is 0.192. The molecule has 6 aliphatic rings. The predicted molar refractivity (Wildman–Crippen MR) is 243 cm³/mol. The Labute approximate surface area is 411 Å². The highest BCUT2D eigenvalue weighted by Crippen LogP contribution is 2.47. The van der Waals surface area contributed by atoms with Crippen molar-refractivity contribution < 1.29 is 75.1 Å². The van der Waals surface area contributed by atoms with Gasteiger partial charge in [-0.05, 0) is 74.2 Å². The zero-order chi connectivity index (χ0) is 52.7. The van der Waals surface area contributed by atoms with Crippen molar-refractivity contribution in [3.05, 3.63) is 139 Å². The van der Waals surface area contributed by atoms with E-state index in [9.17, 15) is 57.5 Å². The topological polar surface area (TPSA) is 224 Å². The van der Waals surface area contributed by atoms with E-state index in [1.165, 1.54) is 24.3 Å². The van der Waals surface area contributed by atoms with Crippen LogP contribution in [0.1, 0.15) is 178 Å². The van der Waals surface area contributed by atoms with E-state index in [4.69, 9.17) is 0 Å². The number of halogens is 4. The Kier molecular flexibility index (Phi) is 9.34. The van der Waals surface area contributed by atoms with E-state index in [0.717, 1.165) is 34.1 Å². The smallest absolute Gasteiger partial charge is 0.271 e. The van der Waals surface area contributed by atoms with Gasteiger partial charge in [0.05, 0.1) is 44.5 Å². The number of carbonyl (C=O) groups is 12. The third-order valence-corrected chi connectivity index (χ3v) is 15.0. The third kappa shape index (κ3) is 5.17. The summed E-state index contributed by atoms with van der Waals surface area (Å²) in [5.41, 5.74) is -8.83. The van der Waals surface area contributed by atoms with Crippen molar-refractivity contribution in [2.24, 2.45) is 0 Å². The standard InChI is InChI=1S/C52H30F4N6O12/c1-5-17(6-2)57-41(63)19-9-13-23-29-24(14-10-20(27(19)29)42(57)64)46(68)59(45(23)67)61-49(71)33-31-32-35(39(55)37(33)53)51(73)62(52(74)36(32)40(56)38(54)34(31)50(61)72)60-47(69)25-15-11-21-28-22(12-16-26(30(25)28)48(60)70)44(66)58(43(21)65)18(7-3)8-4/h9-18H,5-8H2,1-4H3. The monoisotopic (exact) mass is 1010 g/mol. The van der Waals surface area contributed by atoms with Crippen LogP contribution in [0.3, 0.4) is 0 Å². The molecule has 0 bridgehead atoms. The molecule has 0 unspecified atom stereocenters. The second-order valence-electron chi connectivity index (χ2n) is 18.2. The summed E-state index contributed by atoms with van der Waals surface area (Å²) in [4.78, 5) is 173. The molecular formula is C52H30F4N6O12. The van der Waals surface area contributed by atoms with Gasteiger partial charge in [0, 0.05) is 66.7 Å². The lowest BCUT2D eigenvalue weighted by Gasteiger charge is -2.40. The number of nitrogens with zero attached hydrogens (tertiary/aromatic N) is 6. The van der Waals surface area contributed by atoms with Crippen molar-refractivity contribution in [2.75, 3.05) is 0 Å². The molecule has 0 aliphatic carbocycles. The van der Waals surface area contributed by atoms with Crippen LogP contribution in [0.5, 0.6) is 0 Å². The van der Waals surface area contributed by atoms with E-state index >= 15 is 17.6 Å². The second-order valence-corrected chi connectivity index (χ2v) is 18.2. The summed E-state index contributed by atoms with van der Waals surface area (Å²) in [5.74, 6) is -26.6. The van der Waals surface area contributed by atoms with Gasteiger partial charge < -0.3 is 0 Å². The lowest BCUT2D eigenvalue weighted by molar-refractivity contribution is 0.000905. The Bertz CT molecular complexity index is 3520. The number of amides is 12. The van der Waals surface area contributed by atoms with Gasteiger partial charge in [0.1, 0.15) is 0 Å². The van der Waals surface area contributed by atoms with Crippen molar-refractivity contribution in [1.82, 2.24) is 29.8 Å². The molecule has 0 aromatic heterocycles. The summed E-state index contributed by atoms with van der Waals surface area (Å²) in [6.45, 7) is 7.07.